The second-order valence-corrected chi connectivity index (χ2v) is 4.34. The first-order valence-corrected chi connectivity index (χ1v) is 6.62. The van der Waals surface area contributed by atoms with Crippen molar-refractivity contribution in [3.05, 3.63) is 48.0 Å². The summed E-state index contributed by atoms with van der Waals surface area (Å²) in [5, 5.41) is 2.78. The van der Waals surface area contributed by atoms with Crippen LogP contribution in [0.5, 0.6) is 11.5 Å². The minimum Gasteiger partial charge on any atom is -0.497 e. The van der Waals surface area contributed by atoms with Crippen LogP contribution in [0.1, 0.15) is 17.3 Å². The third-order valence-corrected chi connectivity index (χ3v) is 2.94. The first-order valence-electron chi connectivity index (χ1n) is 6.62. The number of amides is 1. The van der Waals surface area contributed by atoms with Gasteiger partial charge in [0.2, 0.25) is 0 Å². The Hall–Kier alpha value is -2.69. The van der Waals surface area contributed by atoms with Gasteiger partial charge >= 0.3 is 0 Å². The molecule has 0 bridgehead atoms. The molecule has 0 saturated heterocycles. The van der Waals surface area contributed by atoms with Gasteiger partial charge in [-0.25, -0.2) is 0 Å². The van der Waals surface area contributed by atoms with E-state index < -0.39 is 0 Å². The molecule has 1 amide bonds. The van der Waals surface area contributed by atoms with Crippen LogP contribution in [0.25, 0.3) is 0 Å². The van der Waals surface area contributed by atoms with E-state index in [0.29, 0.717) is 35.0 Å². The van der Waals surface area contributed by atoms with Crippen LogP contribution in [0, 0.1) is 0 Å². The molecule has 2 aromatic rings. The third-order valence-electron chi connectivity index (χ3n) is 2.94. The van der Waals surface area contributed by atoms with Crippen molar-refractivity contribution >= 4 is 17.3 Å². The van der Waals surface area contributed by atoms with Crippen molar-refractivity contribution in [1.29, 1.82) is 0 Å². The van der Waals surface area contributed by atoms with Gasteiger partial charge in [0.05, 0.1) is 30.7 Å². The van der Waals surface area contributed by atoms with E-state index in [-0.39, 0.29) is 5.91 Å². The fourth-order valence-electron chi connectivity index (χ4n) is 1.90. The van der Waals surface area contributed by atoms with E-state index in [0.717, 1.165) is 0 Å². The second-order valence-electron chi connectivity index (χ2n) is 4.34. The third kappa shape index (κ3) is 3.45. The molecule has 2 rings (SSSR count). The van der Waals surface area contributed by atoms with Gasteiger partial charge in [0.15, 0.2) is 0 Å². The molecule has 0 heterocycles. The molecule has 2 aromatic carbocycles. The summed E-state index contributed by atoms with van der Waals surface area (Å²) in [5.74, 6) is 0.885. The first kappa shape index (κ1) is 14.7. The fraction of sp³-hybridized carbons (Fsp3) is 0.188. The van der Waals surface area contributed by atoms with Crippen LogP contribution in [0.3, 0.4) is 0 Å². The van der Waals surface area contributed by atoms with Crippen LogP contribution in [0.2, 0.25) is 0 Å². The zero-order valence-corrected chi connectivity index (χ0v) is 12.1. The molecular formula is C16H18N2O3. The van der Waals surface area contributed by atoms with E-state index in [1.807, 2.05) is 13.0 Å². The molecule has 5 heteroatoms. The van der Waals surface area contributed by atoms with E-state index in [2.05, 4.69) is 5.32 Å². The lowest BCUT2D eigenvalue weighted by Crippen LogP contribution is -2.14. The molecule has 5 nitrogen and oxygen atoms in total. The van der Waals surface area contributed by atoms with Crippen LogP contribution in [0.4, 0.5) is 11.4 Å². The number of ether oxygens (including phenoxy) is 2. The highest BCUT2D eigenvalue weighted by molar-refractivity contribution is 6.07. The van der Waals surface area contributed by atoms with E-state index in [1.165, 1.54) is 0 Å². The second kappa shape index (κ2) is 6.65. The Morgan fingerprint density at radius 2 is 2.00 bits per heavy atom. The highest BCUT2D eigenvalue weighted by atomic mass is 16.5. The summed E-state index contributed by atoms with van der Waals surface area (Å²) in [7, 11) is 1.56. The van der Waals surface area contributed by atoms with Gasteiger partial charge in [0.1, 0.15) is 11.5 Å². The summed E-state index contributed by atoms with van der Waals surface area (Å²) in [6.45, 7) is 2.36. The Kier molecular flexibility index (Phi) is 4.66. The number of hydrogen-bond acceptors (Lipinski definition) is 4. The van der Waals surface area contributed by atoms with Crippen molar-refractivity contribution in [1.82, 2.24) is 0 Å². The maximum atomic E-state index is 12.4. The fourth-order valence-corrected chi connectivity index (χ4v) is 1.90. The van der Waals surface area contributed by atoms with Crippen LogP contribution >= 0.6 is 0 Å². The minimum atomic E-state index is -0.279. The molecule has 3 N–H and O–H groups in total. The average Bonchev–Trinajstić information content (AvgIpc) is 2.50. The SMILES string of the molecule is CCOc1ccccc1C(=O)Nc1cc(OC)ccc1N. The monoisotopic (exact) mass is 286 g/mol. The van der Waals surface area contributed by atoms with Gasteiger partial charge in [0, 0.05) is 6.07 Å². The number of nitrogens with two attached hydrogens (primary N) is 1. The number of methoxy groups -OCH3 is 1. The van der Waals surface area contributed by atoms with Crippen LogP contribution < -0.4 is 20.5 Å². The van der Waals surface area contributed by atoms with E-state index in [4.69, 9.17) is 15.2 Å². The number of carbonyl (C=O) groups is 1. The van der Waals surface area contributed by atoms with Gasteiger partial charge in [0.25, 0.3) is 5.91 Å². The highest BCUT2D eigenvalue weighted by Crippen LogP contribution is 2.26. The minimum absolute atomic E-state index is 0.279. The largest absolute Gasteiger partial charge is 0.497 e. The molecule has 21 heavy (non-hydrogen) atoms. The number of anilines is 2. The van der Waals surface area contributed by atoms with Gasteiger partial charge in [-0.15, -0.1) is 0 Å². The van der Waals surface area contributed by atoms with Gasteiger partial charge in [-0.05, 0) is 31.2 Å². The molecule has 0 aliphatic heterocycles. The van der Waals surface area contributed by atoms with Crippen molar-refractivity contribution in [2.75, 3.05) is 24.8 Å². The Balaban J connectivity index is 2.26. The number of carbonyl (C=O) groups excluding carboxylic acids is 1. The summed E-state index contributed by atoms with van der Waals surface area (Å²) in [6, 6.07) is 12.2. The molecule has 0 aliphatic rings. The molecule has 0 spiro atoms. The lowest BCUT2D eigenvalue weighted by Gasteiger charge is -2.12. The Labute approximate surface area is 123 Å². The Morgan fingerprint density at radius 3 is 2.71 bits per heavy atom. The first-order chi connectivity index (χ1) is 10.2. The summed E-state index contributed by atoms with van der Waals surface area (Å²) >= 11 is 0. The maximum Gasteiger partial charge on any atom is 0.259 e. The number of nitrogens with one attached hydrogen (secondary N) is 1. The molecule has 0 atom stereocenters. The molecule has 0 unspecified atom stereocenters. The smallest absolute Gasteiger partial charge is 0.259 e. The quantitative estimate of drug-likeness (QED) is 0.829. The molecule has 0 saturated carbocycles. The van der Waals surface area contributed by atoms with Crippen molar-refractivity contribution in [2.24, 2.45) is 0 Å². The highest BCUT2D eigenvalue weighted by Gasteiger charge is 2.13. The van der Waals surface area contributed by atoms with Gasteiger partial charge < -0.3 is 20.5 Å². The number of benzene rings is 2. The molecule has 0 aromatic heterocycles. The van der Waals surface area contributed by atoms with E-state index in [1.54, 1.807) is 43.5 Å². The lowest BCUT2D eigenvalue weighted by atomic mass is 10.1. The zero-order valence-electron chi connectivity index (χ0n) is 12.1. The van der Waals surface area contributed by atoms with E-state index in [9.17, 15) is 4.79 Å². The number of nitrogen functional groups attached to an aromatic ring is 1. The summed E-state index contributed by atoms with van der Waals surface area (Å²) in [6.07, 6.45) is 0. The maximum absolute atomic E-state index is 12.4. The lowest BCUT2D eigenvalue weighted by molar-refractivity contribution is 0.102. The summed E-state index contributed by atoms with van der Waals surface area (Å²) < 4.78 is 10.6. The van der Waals surface area contributed by atoms with Crippen molar-refractivity contribution in [3.8, 4) is 11.5 Å². The van der Waals surface area contributed by atoms with Gasteiger partial charge in [-0.1, -0.05) is 12.1 Å². The van der Waals surface area contributed by atoms with Gasteiger partial charge in [-0.3, -0.25) is 4.79 Å². The predicted octanol–water partition coefficient (Wildman–Crippen LogP) is 2.93. The predicted molar refractivity (Wildman–Crippen MR) is 83.0 cm³/mol. The molecular weight excluding hydrogens is 268 g/mol. The number of rotatable bonds is 5. The van der Waals surface area contributed by atoms with Crippen molar-refractivity contribution < 1.29 is 14.3 Å². The van der Waals surface area contributed by atoms with E-state index >= 15 is 0 Å². The summed E-state index contributed by atoms with van der Waals surface area (Å²) in [5.41, 5.74) is 7.30. The molecule has 0 aliphatic carbocycles. The average molecular weight is 286 g/mol. The Morgan fingerprint density at radius 1 is 1.24 bits per heavy atom. The standard InChI is InChI=1S/C16H18N2O3/c1-3-21-15-7-5-4-6-12(15)16(19)18-14-10-11(20-2)8-9-13(14)17/h4-10H,3,17H2,1-2H3,(H,18,19). The molecule has 0 radical (unpaired) electrons. The topological polar surface area (TPSA) is 73.6 Å². The molecule has 110 valence electrons. The zero-order chi connectivity index (χ0) is 15.2. The summed E-state index contributed by atoms with van der Waals surface area (Å²) in [4.78, 5) is 12.4. The number of para-hydroxylation sites is 1. The van der Waals surface area contributed by atoms with Crippen LogP contribution in [0.15, 0.2) is 42.5 Å². The van der Waals surface area contributed by atoms with Crippen molar-refractivity contribution in [3.63, 3.8) is 0 Å². The molecule has 0 fully saturated rings. The number of hydrogen-bond donors (Lipinski definition) is 2. The normalized spacial score (nSPS) is 10.0. The van der Waals surface area contributed by atoms with Crippen LogP contribution in [-0.4, -0.2) is 19.6 Å². The van der Waals surface area contributed by atoms with Crippen LogP contribution in [-0.2, 0) is 0 Å². The van der Waals surface area contributed by atoms with Gasteiger partial charge in [-0.2, -0.15) is 0 Å². The Bertz CT molecular complexity index is 641. The van der Waals surface area contributed by atoms with Crippen molar-refractivity contribution in [2.45, 2.75) is 6.92 Å².